The molecule has 5 nitrogen and oxygen atoms in total. The van der Waals surface area contributed by atoms with E-state index in [1.54, 1.807) is 9.80 Å². The molecule has 0 radical (unpaired) electrons. The Kier molecular flexibility index (Phi) is 9.44. The number of carbonyl (C=O) groups is 2. The van der Waals surface area contributed by atoms with Crippen molar-refractivity contribution in [2.24, 2.45) is 5.92 Å². The lowest BCUT2D eigenvalue weighted by Crippen LogP contribution is -2.40. The molecule has 0 aromatic heterocycles. The van der Waals surface area contributed by atoms with Crippen LogP contribution < -0.4 is 0 Å². The molecule has 0 heterocycles. The maximum atomic E-state index is 12.3. The molecule has 0 saturated carbocycles. The maximum Gasteiger partial charge on any atom is 0.240 e. The second-order valence-electron chi connectivity index (χ2n) is 4.78. The summed E-state index contributed by atoms with van der Waals surface area (Å²) in [5.41, 5.74) is 0. The van der Waals surface area contributed by atoms with Crippen LogP contribution in [0.4, 0.5) is 0 Å². The van der Waals surface area contributed by atoms with Crippen molar-refractivity contribution < 1.29 is 9.59 Å². The van der Waals surface area contributed by atoms with Gasteiger partial charge in [0.1, 0.15) is 5.92 Å². The Bertz CT molecular complexity index is 340. The van der Waals surface area contributed by atoms with Gasteiger partial charge in [0.15, 0.2) is 0 Å². The highest BCUT2D eigenvalue weighted by atomic mass is 16.2. The molecule has 0 fully saturated rings. The van der Waals surface area contributed by atoms with Gasteiger partial charge in [-0.1, -0.05) is 13.8 Å². The van der Waals surface area contributed by atoms with E-state index in [1.807, 2.05) is 33.8 Å². The Hall–Kier alpha value is -1.57. The van der Waals surface area contributed by atoms with Crippen LogP contribution in [0.3, 0.4) is 0 Å². The topological polar surface area (TPSA) is 64.4 Å². The van der Waals surface area contributed by atoms with Gasteiger partial charge in [0, 0.05) is 26.2 Å². The SMILES string of the molecule is CCCN(CCC)C(=O)C(C#N)CC(=O)N(CC)CC. The van der Waals surface area contributed by atoms with Crippen LogP contribution >= 0.6 is 0 Å². The van der Waals surface area contributed by atoms with Crippen LogP contribution in [0.2, 0.25) is 0 Å². The molecule has 0 rings (SSSR count). The first-order chi connectivity index (χ1) is 9.55. The molecule has 0 bridgehead atoms. The largest absolute Gasteiger partial charge is 0.343 e. The number of nitrogens with zero attached hydrogens (tertiary/aromatic N) is 3. The van der Waals surface area contributed by atoms with Gasteiger partial charge in [-0.3, -0.25) is 9.59 Å². The molecule has 0 aliphatic carbocycles. The smallest absolute Gasteiger partial charge is 0.240 e. The van der Waals surface area contributed by atoms with Crippen LogP contribution in [-0.2, 0) is 9.59 Å². The number of amides is 2. The van der Waals surface area contributed by atoms with Crippen LogP contribution in [0.5, 0.6) is 0 Å². The third-order valence-corrected chi connectivity index (χ3v) is 3.25. The second-order valence-corrected chi connectivity index (χ2v) is 4.78. The lowest BCUT2D eigenvalue weighted by molar-refractivity contribution is -0.139. The fourth-order valence-corrected chi connectivity index (χ4v) is 2.16. The molecular formula is C15H27N3O2. The van der Waals surface area contributed by atoms with Gasteiger partial charge in [0.05, 0.1) is 12.5 Å². The van der Waals surface area contributed by atoms with Crippen molar-refractivity contribution in [2.75, 3.05) is 26.2 Å². The van der Waals surface area contributed by atoms with Crippen molar-refractivity contribution in [3.8, 4) is 6.07 Å². The predicted molar refractivity (Wildman–Crippen MR) is 78.8 cm³/mol. The molecule has 0 aromatic carbocycles. The Morgan fingerprint density at radius 2 is 1.50 bits per heavy atom. The first-order valence-electron chi connectivity index (χ1n) is 7.51. The molecule has 1 atom stereocenters. The van der Waals surface area contributed by atoms with Crippen LogP contribution in [0, 0.1) is 17.2 Å². The monoisotopic (exact) mass is 281 g/mol. The lowest BCUT2D eigenvalue weighted by Gasteiger charge is -2.25. The Balaban J connectivity index is 4.77. The van der Waals surface area contributed by atoms with E-state index in [1.165, 1.54) is 0 Å². The summed E-state index contributed by atoms with van der Waals surface area (Å²) in [7, 11) is 0. The number of hydrogen-bond acceptors (Lipinski definition) is 3. The van der Waals surface area contributed by atoms with Crippen molar-refractivity contribution >= 4 is 11.8 Å². The minimum Gasteiger partial charge on any atom is -0.343 e. The van der Waals surface area contributed by atoms with Gasteiger partial charge >= 0.3 is 0 Å². The summed E-state index contributed by atoms with van der Waals surface area (Å²) in [6.07, 6.45) is 1.70. The first kappa shape index (κ1) is 18.4. The molecule has 0 saturated heterocycles. The molecule has 0 spiro atoms. The van der Waals surface area contributed by atoms with E-state index in [0.29, 0.717) is 26.2 Å². The minimum atomic E-state index is -0.860. The average molecular weight is 281 g/mol. The Morgan fingerprint density at radius 1 is 1.00 bits per heavy atom. The van der Waals surface area contributed by atoms with Gasteiger partial charge in [-0.05, 0) is 26.7 Å². The Morgan fingerprint density at radius 3 is 1.85 bits per heavy atom. The summed E-state index contributed by atoms with van der Waals surface area (Å²) in [6, 6.07) is 1.99. The van der Waals surface area contributed by atoms with Crippen LogP contribution in [0.15, 0.2) is 0 Å². The van der Waals surface area contributed by atoms with Crippen LogP contribution in [0.1, 0.15) is 47.0 Å². The van der Waals surface area contributed by atoms with E-state index in [2.05, 4.69) is 0 Å². The molecule has 1 unspecified atom stereocenters. The fourth-order valence-electron chi connectivity index (χ4n) is 2.16. The lowest BCUT2D eigenvalue weighted by atomic mass is 10.0. The highest BCUT2D eigenvalue weighted by Gasteiger charge is 2.27. The zero-order valence-electron chi connectivity index (χ0n) is 13.2. The van der Waals surface area contributed by atoms with Crippen molar-refractivity contribution in [3.05, 3.63) is 0 Å². The van der Waals surface area contributed by atoms with Gasteiger partial charge in [-0.15, -0.1) is 0 Å². The Labute approximate surface area is 122 Å². The summed E-state index contributed by atoms with van der Waals surface area (Å²) in [5, 5.41) is 9.19. The molecule has 0 N–H and O–H groups in total. The van der Waals surface area contributed by atoms with Crippen molar-refractivity contribution in [1.82, 2.24) is 9.80 Å². The minimum absolute atomic E-state index is 0.0130. The second kappa shape index (κ2) is 10.2. The molecule has 5 heteroatoms. The molecule has 0 aliphatic heterocycles. The number of hydrogen-bond donors (Lipinski definition) is 0. The number of rotatable bonds is 9. The highest BCUT2D eigenvalue weighted by molar-refractivity contribution is 5.87. The molecule has 0 aromatic rings. The van der Waals surface area contributed by atoms with Crippen LogP contribution in [-0.4, -0.2) is 47.8 Å². The summed E-state index contributed by atoms with van der Waals surface area (Å²) in [6.45, 7) is 10.3. The number of nitriles is 1. The first-order valence-corrected chi connectivity index (χ1v) is 7.51. The van der Waals surface area contributed by atoms with Crippen molar-refractivity contribution in [1.29, 1.82) is 5.26 Å². The third kappa shape index (κ3) is 5.60. The van der Waals surface area contributed by atoms with E-state index < -0.39 is 5.92 Å². The number of carbonyl (C=O) groups excluding carboxylic acids is 2. The van der Waals surface area contributed by atoms with Crippen LogP contribution in [0.25, 0.3) is 0 Å². The summed E-state index contributed by atoms with van der Waals surface area (Å²) in [4.78, 5) is 27.7. The molecule has 2 amide bonds. The fraction of sp³-hybridized carbons (Fsp3) is 0.800. The average Bonchev–Trinajstić information content (AvgIpc) is 2.45. The van der Waals surface area contributed by atoms with E-state index in [0.717, 1.165) is 12.8 Å². The third-order valence-electron chi connectivity index (χ3n) is 3.25. The zero-order chi connectivity index (χ0) is 15.5. The summed E-state index contributed by atoms with van der Waals surface area (Å²) < 4.78 is 0. The summed E-state index contributed by atoms with van der Waals surface area (Å²) in [5.74, 6) is -1.19. The molecule has 114 valence electrons. The van der Waals surface area contributed by atoms with E-state index in [4.69, 9.17) is 0 Å². The van der Waals surface area contributed by atoms with E-state index in [-0.39, 0.29) is 18.2 Å². The highest BCUT2D eigenvalue weighted by Crippen LogP contribution is 2.11. The van der Waals surface area contributed by atoms with Gasteiger partial charge in [0.2, 0.25) is 11.8 Å². The van der Waals surface area contributed by atoms with Gasteiger partial charge < -0.3 is 9.80 Å². The van der Waals surface area contributed by atoms with E-state index in [9.17, 15) is 14.9 Å². The van der Waals surface area contributed by atoms with Gasteiger partial charge in [-0.2, -0.15) is 5.26 Å². The normalized spacial score (nSPS) is 11.6. The maximum absolute atomic E-state index is 12.3. The zero-order valence-corrected chi connectivity index (χ0v) is 13.2. The predicted octanol–water partition coefficient (Wildman–Crippen LogP) is 2.03. The van der Waals surface area contributed by atoms with Crippen molar-refractivity contribution in [3.63, 3.8) is 0 Å². The molecular weight excluding hydrogens is 254 g/mol. The molecule has 0 aliphatic rings. The van der Waals surface area contributed by atoms with E-state index >= 15 is 0 Å². The van der Waals surface area contributed by atoms with Crippen molar-refractivity contribution in [2.45, 2.75) is 47.0 Å². The van der Waals surface area contributed by atoms with Gasteiger partial charge in [0.25, 0.3) is 0 Å². The molecule has 20 heavy (non-hydrogen) atoms. The standard InChI is InChI=1S/C15H27N3O2/c1-5-9-18(10-6-2)15(20)13(12-16)11-14(19)17(7-3)8-4/h13H,5-11H2,1-4H3. The quantitative estimate of drug-likeness (QED) is 0.649. The summed E-state index contributed by atoms with van der Waals surface area (Å²) >= 11 is 0. The van der Waals surface area contributed by atoms with Gasteiger partial charge in [-0.25, -0.2) is 0 Å².